The lowest BCUT2D eigenvalue weighted by molar-refractivity contribution is 0.0600. The number of carbonyl (C=O) groups is 1. The third-order valence-corrected chi connectivity index (χ3v) is 4.14. The molecule has 0 saturated carbocycles. The van der Waals surface area contributed by atoms with Gasteiger partial charge in [-0.25, -0.2) is 14.2 Å². The Morgan fingerprint density at radius 3 is 2.68 bits per heavy atom. The van der Waals surface area contributed by atoms with Crippen LogP contribution in [0.25, 0.3) is 22.6 Å². The maximum absolute atomic E-state index is 13.4. The first kappa shape index (κ1) is 17.6. The number of hydrogen-bond donors (Lipinski definition) is 0. The Hall–Kier alpha value is -3.80. The molecule has 0 saturated heterocycles. The zero-order valence-corrected chi connectivity index (χ0v) is 14.9. The number of nitrogens with zero attached hydrogens (tertiary/aromatic N) is 2. The summed E-state index contributed by atoms with van der Waals surface area (Å²) in [5.41, 5.74) is 3.83. The van der Waals surface area contributed by atoms with E-state index in [-0.39, 0.29) is 11.8 Å². The lowest BCUT2D eigenvalue weighted by Crippen LogP contribution is -2.00. The molecule has 0 spiro atoms. The van der Waals surface area contributed by atoms with Gasteiger partial charge < -0.3 is 9.15 Å². The summed E-state index contributed by atoms with van der Waals surface area (Å²) in [5, 5.41) is 0. The first-order valence-corrected chi connectivity index (χ1v) is 8.51. The number of hydrogen-bond acceptors (Lipinski definition) is 5. The molecule has 0 atom stereocenters. The van der Waals surface area contributed by atoms with E-state index in [1.165, 1.54) is 19.2 Å². The van der Waals surface area contributed by atoms with E-state index in [1.807, 2.05) is 6.07 Å². The first-order chi connectivity index (χ1) is 13.6. The lowest BCUT2D eigenvalue weighted by atomic mass is 10.1. The number of oxazole rings is 1. The number of esters is 1. The van der Waals surface area contributed by atoms with Crippen LogP contribution in [0.1, 0.15) is 15.9 Å². The minimum atomic E-state index is -0.380. The van der Waals surface area contributed by atoms with Crippen LogP contribution in [0.2, 0.25) is 0 Å². The monoisotopic (exact) mass is 374 g/mol. The normalized spacial score (nSPS) is 11.2. The fourth-order valence-corrected chi connectivity index (χ4v) is 2.71. The second-order valence-electron chi connectivity index (χ2n) is 6.05. The van der Waals surface area contributed by atoms with Gasteiger partial charge in [-0.2, -0.15) is 0 Å². The van der Waals surface area contributed by atoms with Crippen molar-refractivity contribution in [3.05, 3.63) is 83.7 Å². The van der Waals surface area contributed by atoms with Crippen molar-refractivity contribution in [1.29, 1.82) is 0 Å². The van der Waals surface area contributed by atoms with E-state index >= 15 is 0 Å². The van der Waals surface area contributed by atoms with E-state index < -0.39 is 0 Å². The van der Waals surface area contributed by atoms with Crippen molar-refractivity contribution in [3.63, 3.8) is 0 Å². The minimum Gasteiger partial charge on any atom is -0.465 e. The van der Waals surface area contributed by atoms with Crippen molar-refractivity contribution in [2.75, 3.05) is 7.11 Å². The van der Waals surface area contributed by atoms with E-state index in [1.54, 1.807) is 54.7 Å². The van der Waals surface area contributed by atoms with Crippen molar-refractivity contribution < 1.29 is 18.3 Å². The molecule has 0 fully saturated rings. The number of rotatable bonds is 4. The quantitative estimate of drug-likeness (QED) is 0.365. The highest BCUT2D eigenvalue weighted by molar-refractivity contribution is 5.91. The van der Waals surface area contributed by atoms with Crippen molar-refractivity contribution in [1.82, 2.24) is 4.98 Å². The van der Waals surface area contributed by atoms with Crippen molar-refractivity contribution in [3.8, 4) is 11.5 Å². The Labute approximate surface area is 160 Å². The zero-order valence-electron chi connectivity index (χ0n) is 14.9. The summed E-state index contributed by atoms with van der Waals surface area (Å²) in [6.07, 6.45) is 1.69. The van der Waals surface area contributed by atoms with E-state index in [0.717, 1.165) is 5.56 Å². The highest BCUT2D eigenvalue weighted by Gasteiger charge is 2.09. The fourth-order valence-electron chi connectivity index (χ4n) is 2.71. The van der Waals surface area contributed by atoms with Crippen LogP contribution >= 0.6 is 0 Å². The standard InChI is InChI=1S/C22H15FN2O3/c1-27-22(26)15-7-5-14(6-8-15)13-24-18-9-10-20-19(12-18)25-21(28-20)16-3-2-4-17(23)11-16/h2-13H,1H3. The second kappa shape index (κ2) is 7.44. The number of carbonyl (C=O) groups excluding carboxylic acids is 1. The van der Waals surface area contributed by atoms with Gasteiger partial charge in [-0.05, 0) is 54.1 Å². The molecule has 0 N–H and O–H groups in total. The van der Waals surface area contributed by atoms with Gasteiger partial charge in [0.2, 0.25) is 5.89 Å². The zero-order chi connectivity index (χ0) is 19.5. The van der Waals surface area contributed by atoms with Gasteiger partial charge in [-0.3, -0.25) is 4.99 Å². The van der Waals surface area contributed by atoms with Crippen LogP contribution in [0.4, 0.5) is 10.1 Å². The molecule has 138 valence electrons. The molecular weight excluding hydrogens is 359 g/mol. The highest BCUT2D eigenvalue weighted by atomic mass is 19.1. The highest BCUT2D eigenvalue weighted by Crippen LogP contribution is 2.27. The molecule has 1 aromatic heterocycles. The fraction of sp³-hybridized carbons (Fsp3) is 0.0455. The number of aliphatic imine (C=N–C) groups is 1. The van der Waals surface area contributed by atoms with Gasteiger partial charge in [0.1, 0.15) is 11.3 Å². The van der Waals surface area contributed by atoms with Gasteiger partial charge in [0.15, 0.2) is 5.58 Å². The predicted molar refractivity (Wildman–Crippen MR) is 104 cm³/mol. The smallest absolute Gasteiger partial charge is 0.337 e. The number of ether oxygens (including phenoxy) is 1. The van der Waals surface area contributed by atoms with Crippen molar-refractivity contribution >= 4 is 29.0 Å². The van der Waals surface area contributed by atoms with Crippen LogP contribution in [-0.4, -0.2) is 24.3 Å². The number of fused-ring (bicyclic) bond motifs is 1. The molecular formula is C22H15FN2O3. The van der Waals surface area contributed by atoms with Gasteiger partial charge in [0.25, 0.3) is 0 Å². The van der Waals surface area contributed by atoms with Gasteiger partial charge in [0, 0.05) is 11.8 Å². The van der Waals surface area contributed by atoms with E-state index in [9.17, 15) is 9.18 Å². The summed E-state index contributed by atoms with van der Waals surface area (Å²) >= 11 is 0. The maximum Gasteiger partial charge on any atom is 0.337 e. The summed E-state index contributed by atoms with van der Waals surface area (Å²) in [4.78, 5) is 20.3. The van der Waals surface area contributed by atoms with Crippen LogP contribution in [0.5, 0.6) is 0 Å². The van der Waals surface area contributed by atoms with Gasteiger partial charge in [-0.1, -0.05) is 18.2 Å². The summed E-state index contributed by atoms with van der Waals surface area (Å²) in [6, 6.07) is 18.4. The third kappa shape index (κ3) is 3.66. The van der Waals surface area contributed by atoms with Crippen LogP contribution in [0.3, 0.4) is 0 Å². The molecule has 28 heavy (non-hydrogen) atoms. The summed E-state index contributed by atoms with van der Waals surface area (Å²) in [5.74, 6) is -0.369. The van der Waals surface area contributed by atoms with Crippen LogP contribution in [0.15, 0.2) is 76.1 Å². The molecule has 4 rings (SSSR count). The largest absolute Gasteiger partial charge is 0.465 e. The maximum atomic E-state index is 13.4. The number of methoxy groups -OCH3 is 1. The molecule has 3 aromatic carbocycles. The number of aromatic nitrogens is 1. The Bertz CT molecular complexity index is 1180. The second-order valence-corrected chi connectivity index (χ2v) is 6.05. The molecule has 5 nitrogen and oxygen atoms in total. The summed E-state index contributed by atoms with van der Waals surface area (Å²) in [7, 11) is 1.34. The van der Waals surface area contributed by atoms with E-state index in [2.05, 4.69) is 14.7 Å². The molecule has 0 unspecified atom stereocenters. The molecule has 0 amide bonds. The van der Waals surface area contributed by atoms with Crippen LogP contribution in [-0.2, 0) is 4.74 Å². The lowest BCUT2D eigenvalue weighted by Gasteiger charge is -1.99. The third-order valence-electron chi connectivity index (χ3n) is 4.14. The number of benzene rings is 3. The predicted octanol–water partition coefficient (Wildman–Crippen LogP) is 5.17. The summed E-state index contributed by atoms with van der Waals surface area (Å²) in [6.45, 7) is 0. The van der Waals surface area contributed by atoms with Crippen molar-refractivity contribution in [2.45, 2.75) is 0 Å². The Morgan fingerprint density at radius 1 is 1.11 bits per heavy atom. The average Bonchev–Trinajstić information content (AvgIpc) is 3.15. The minimum absolute atomic E-state index is 0.344. The van der Waals surface area contributed by atoms with Crippen LogP contribution in [0, 0.1) is 5.82 Å². The van der Waals surface area contributed by atoms with E-state index in [4.69, 9.17) is 4.42 Å². The Balaban J connectivity index is 1.57. The Morgan fingerprint density at radius 2 is 1.93 bits per heavy atom. The molecule has 6 heteroatoms. The average molecular weight is 374 g/mol. The molecule has 0 radical (unpaired) electrons. The molecule has 1 heterocycles. The van der Waals surface area contributed by atoms with E-state index in [0.29, 0.717) is 33.8 Å². The number of halogens is 1. The van der Waals surface area contributed by atoms with Crippen molar-refractivity contribution in [2.24, 2.45) is 4.99 Å². The van der Waals surface area contributed by atoms with Gasteiger partial charge in [0.05, 0.1) is 18.4 Å². The molecule has 4 aromatic rings. The Kier molecular flexibility index (Phi) is 4.68. The van der Waals surface area contributed by atoms with Gasteiger partial charge in [-0.15, -0.1) is 0 Å². The molecule has 0 bridgehead atoms. The molecule has 0 aliphatic heterocycles. The SMILES string of the molecule is COC(=O)c1ccc(C=Nc2ccc3oc(-c4cccc(F)c4)nc3c2)cc1. The molecule has 0 aliphatic carbocycles. The summed E-state index contributed by atoms with van der Waals surface area (Å²) < 4.78 is 23.8. The first-order valence-electron chi connectivity index (χ1n) is 8.51. The van der Waals surface area contributed by atoms with Gasteiger partial charge >= 0.3 is 5.97 Å². The topological polar surface area (TPSA) is 64.7 Å². The molecule has 0 aliphatic rings. The van der Waals surface area contributed by atoms with Crippen LogP contribution < -0.4 is 0 Å².